The molecule has 0 aromatic carbocycles. The van der Waals surface area contributed by atoms with Crippen LogP contribution in [0, 0.1) is 0 Å². The first kappa shape index (κ1) is 13.1. The molecule has 4 heteroatoms. The molecule has 82 valence electrons. The maximum atomic E-state index is 10.4. The zero-order valence-corrected chi connectivity index (χ0v) is 9.24. The number of hydrogen-bond donors (Lipinski definition) is 2. The van der Waals surface area contributed by atoms with Crippen molar-refractivity contribution in [3.05, 3.63) is 11.6 Å². The molecule has 0 aromatic heterocycles. The van der Waals surface area contributed by atoms with Crippen molar-refractivity contribution >= 4 is 5.97 Å². The first-order valence-corrected chi connectivity index (χ1v) is 4.52. The number of aliphatic hydroxyl groups excluding tert-OH is 1. The van der Waals surface area contributed by atoms with Gasteiger partial charge >= 0.3 is 5.97 Å². The fourth-order valence-electron chi connectivity index (χ4n) is 0.965. The van der Waals surface area contributed by atoms with E-state index in [-0.39, 0.29) is 12.1 Å². The number of nitrogens with zero attached hydrogens (tertiary/aromatic N) is 1. The largest absolute Gasteiger partial charge is 0.478 e. The van der Waals surface area contributed by atoms with E-state index in [1.807, 2.05) is 25.8 Å². The van der Waals surface area contributed by atoms with Gasteiger partial charge in [0.25, 0.3) is 0 Å². The van der Waals surface area contributed by atoms with Crippen molar-refractivity contribution in [1.82, 2.24) is 4.90 Å². The summed E-state index contributed by atoms with van der Waals surface area (Å²) in [6.45, 7) is 6.16. The average molecular weight is 201 g/mol. The van der Waals surface area contributed by atoms with Crippen LogP contribution in [0.1, 0.15) is 20.8 Å². The van der Waals surface area contributed by atoms with Crippen LogP contribution in [0.15, 0.2) is 11.6 Å². The van der Waals surface area contributed by atoms with Crippen LogP contribution in [0.4, 0.5) is 0 Å². The fraction of sp³-hybridized carbons (Fsp3) is 0.700. The third-order valence-electron chi connectivity index (χ3n) is 2.28. The van der Waals surface area contributed by atoms with Gasteiger partial charge in [0, 0.05) is 18.2 Å². The Labute approximate surface area is 84.8 Å². The highest BCUT2D eigenvalue weighted by Gasteiger charge is 2.22. The van der Waals surface area contributed by atoms with Crippen molar-refractivity contribution in [2.45, 2.75) is 26.3 Å². The molecule has 0 amide bonds. The molecule has 0 fully saturated rings. The third kappa shape index (κ3) is 4.39. The lowest BCUT2D eigenvalue weighted by molar-refractivity contribution is -0.131. The van der Waals surface area contributed by atoms with Gasteiger partial charge in [-0.3, -0.25) is 4.90 Å². The molecular formula is C10H19NO3. The van der Waals surface area contributed by atoms with E-state index in [0.717, 1.165) is 5.57 Å². The van der Waals surface area contributed by atoms with Crippen LogP contribution in [0.25, 0.3) is 0 Å². The molecule has 0 aliphatic heterocycles. The normalized spacial score (nSPS) is 13.4. The second-order valence-electron chi connectivity index (χ2n) is 4.16. The second kappa shape index (κ2) is 5.12. The number of carboxylic acid groups (broad SMARTS) is 1. The molecule has 0 aliphatic rings. The summed E-state index contributed by atoms with van der Waals surface area (Å²) in [5, 5.41) is 17.6. The second-order valence-corrected chi connectivity index (χ2v) is 4.16. The standard InChI is InChI=1S/C10H19NO3/c1-8(5-9(13)14)6-11(4)10(2,3)7-12/h5,12H,6-7H2,1-4H3,(H,13,14). The number of carboxylic acids is 1. The van der Waals surface area contributed by atoms with Crippen LogP contribution in [-0.2, 0) is 4.79 Å². The number of rotatable bonds is 5. The van der Waals surface area contributed by atoms with Gasteiger partial charge in [0.05, 0.1) is 6.61 Å². The molecule has 0 aliphatic carbocycles. The first-order chi connectivity index (χ1) is 6.29. The van der Waals surface area contributed by atoms with Gasteiger partial charge in [-0.2, -0.15) is 0 Å². The highest BCUT2D eigenvalue weighted by atomic mass is 16.4. The molecule has 0 aromatic rings. The molecule has 0 spiro atoms. The minimum absolute atomic E-state index is 0.0455. The summed E-state index contributed by atoms with van der Waals surface area (Å²) < 4.78 is 0. The topological polar surface area (TPSA) is 60.8 Å². The highest BCUT2D eigenvalue weighted by molar-refractivity contribution is 5.80. The molecule has 14 heavy (non-hydrogen) atoms. The van der Waals surface area contributed by atoms with Crippen molar-refractivity contribution in [3.8, 4) is 0 Å². The van der Waals surface area contributed by atoms with E-state index in [4.69, 9.17) is 10.2 Å². The van der Waals surface area contributed by atoms with Gasteiger partial charge in [0.2, 0.25) is 0 Å². The van der Waals surface area contributed by atoms with Gasteiger partial charge in [0.15, 0.2) is 0 Å². The molecule has 2 N–H and O–H groups in total. The Bertz CT molecular complexity index is 234. The predicted octanol–water partition coefficient (Wildman–Crippen LogP) is 0.720. The maximum Gasteiger partial charge on any atom is 0.328 e. The van der Waals surface area contributed by atoms with Crippen molar-refractivity contribution in [3.63, 3.8) is 0 Å². The van der Waals surface area contributed by atoms with Crippen LogP contribution in [0.3, 0.4) is 0 Å². The van der Waals surface area contributed by atoms with E-state index >= 15 is 0 Å². The Morgan fingerprint density at radius 2 is 2.00 bits per heavy atom. The van der Waals surface area contributed by atoms with Crippen molar-refractivity contribution in [2.75, 3.05) is 20.2 Å². The van der Waals surface area contributed by atoms with Gasteiger partial charge in [-0.05, 0) is 27.8 Å². The molecular weight excluding hydrogens is 182 g/mol. The molecule has 0 atom stereocenters. The van der Waals surface area contributed by atoms with E-state index < -0.39 is 5.97 Å². The summed E-state index contributed by atoms with van der Waals surface area (Å²) in [5.41, 5.74) is 0.440. The van der Waals surface area contributed by atoms with E-state index in [0.29, 0.717) is 6.54 Å². The van der Waals surface area contributed by atoms with Crippen molar-refractivity contribution in [1.29, 1.82) is 0 Å². The van der Waals surface area contributed by atoms with Crippen LogP contribution in [-0.4, -0.2) is 46.8 Å². The summed E-state index contributed by atoms with van der Waals surface area (Å²) in [7, 11) is 1.86. The highest BCUT2D eigenvalue weighted by Crippen LogP contribution is 2.12. The number of aliphatic hydroxyl groups is 1. The lowest BCUT2D eigenvalue weighted by atomic mass is 10.0. The van der Waals surface area contributed by atoms with E-state index in [1.165, 1.54) is 6.08 Å². The van der Waals surface area contributed by atoms with Crippen LogP contribution in [0.5, 0.6) is 0 Å². The summed E-state index contributed by atoms with van der Waals surface area (Å²) in [6, 6.07) is 0. The van der Waals surface area contributed by atoms with Gasteiger partial charge < -0.3 is 10.2 Å². The SMILES string of the molecule is CC(=CC(=O)O)CN(C)C(C)(C)CO. The van der Waals surface area contributed by atoms with E-state index in [1.54, 1.807) is 6.92 Å². The van der Waals surface area contributed by atoms with Crippen molar-refractivity contribution in [2.24, 2.45) is 0 Å². The molecule has 4 nitrogen and oxygen atoms in total. The van der Waals surface area contributed by atoms with Gasteiger partial charge in [0.1, 0.15) is 0 Å². The maximum absolute atomic E-state index is 10.4. The van der Waals surface area contributed by atoms with Gasteiger partial charge in [-0.25, -0.2) is 4.79 Å². The molecule has 0 saturated heterocycles. The Morgan fingerprint density at radius 3 is 2.36 bits per heavy atom. The lowest BCUT2D eigenvalue weighted by Gasteiger charge is -2.34. The van der Waals surface area contributed by atoms with E-state index in [9.17, 15) is 4.79 Å². The first-order valence-electron chi connectivity index (χ1n) is 4.52. The Hall–Kier alpha value is -0.870. The molecule has 0 bridgehead atoms. The zero-order chi connectivity index (χ0) is 11.4. The summed E-state index contributed by atoms with van der Waals surface area (Å²) in [4.78, 5) is 12.3. The van der Waals surface area contributed by atoms with Gasteiger partial charge in [-0.1, -0.05) is 5.57 Å². The Morgan fingerprint density at radius 1 is 1.50 bits per heavy atom. The quantitative estimate of drug-likeness (QED) is 0.643. The average Bonchev–Trinajstić information content (AvgIpc) is 2.02. The van der Waals surface area contributed by atoms with Crippen LogP contribution < -0.4 is 0 Å². The summed E-state index contributed by atoms with van der Waals surface area (Å²) in [6.07, 6.45) is 1.18. The molecule has 0 saturated carbocycles. The third-order valence-corrected chi connectivity index (χ3v) is 2.28. The molecule has 0 heterocycles. The Balaban J connectivity index is 4.32. The monoisotopic (exact) mass is 201 g/mol. The Kier molecular flexibility index (Phi) is 4.80. The minimum atomic E-state index is -0.933. The molecule has 0 radical (unpaired) electrons. The van der Waals surface area contributed by atoms with Crippen LogP contribution in [0.2, 0.25) is 0 Å². The summed E-state index contributed by atoms with van der Waals surface area (Å²) >= 11 is 0. The number of hydrogen-bond acceptors (Lipinski definition) is 3. The lowest BCUT2D eigenvalue weighted by Crippen LogP contribution is -2.44. The van der Waals surface area contributed by atoms with E-state index in [2.05, 4.69) is 0 Å². The van der Waals surface area contributed by atoms with Crippen LogP contribution >= 0.6 is 0 Å². The number of carbonyl (C=O) groups is 1. The molecule has 0 rings (SSSR count). The molecule has 0 unspecified atom stereocenters. The van der Waals surface area contributed by atoms with Gasteiger partial charge in [-0.15, -0.1) is 0 Å². The van der Waals surface area contributed by atoms with Crippen molar-refractivity contribution < 1.29 is 15.0 Å². The zero-order valence-electron chi connectivity index (χ0n) is 9.24. The number of aliphatic carboxylic acids is 1. The number of likely N-dealkylation sites (N-methyl/N-ethyl adjacent to an activating group) is 1. The smallest absolute Gasteiger partial charge is 0.328 e. The summed E-state index contributed by atoms with van der Waals surface area (Å²) in [5.74, 6) is -0.933. The predicted molar refractivity (Wildman–Crippen MR) is 55.2 cm³/mol. The minimum Gasteiger partial charge on any atom is -0.478 e. The fourth-order valence-corrected chi connectivity index (χ4v) is 0.965.